The number of hydrogen-bond acceptors (Lipinski definition) is 5. The van der Waals surface area contributed by atoms with Crippen LogP contribution in [0.15, 0.2) is 60.2 Å². The molecule has 2 atom stereocenters. The van der Waals surface area contributed by atoms with E-state index in [9.17, 15) is 24.3 Å². The number of carbonyl (C=O) groups is 2. The average molecular weight is 552 g/mol. The van der Waals surface area contributed by atoms with E-state index in [4.69, 9.17) is 11.6 Å². The van der Waals surface area contributed by atoms with Crippen LogP contribution in [0.3, 0.4) is 0 Å². The first-order valence-corrected chi connectivity index (χ1v) is 10.9. The zero-order valence-electron chi connectivity index (χ0n) is 16.1. The lowest BCUT2D eigenvalue weighted by Gasteiger charge is -2.39. The summed E-state index contributed by atoms with van der Waals surface area (Å²) >= 11 is 8.31. The minimum atomic E-state index is -0.673. The van der Waals surface area contributed by atoms with E-state index in [0.717, 1.165) is 10.1 Å². The molecule has 2 heterocycles. The van der Waals surface area contributed by atoms with Crippen molar-refractivity contribution in [3.8, 4) is 5.75 Å². The number of halogens is 2. The number of aromatic hydroxyl groups is 1. The lowest BCUT2D eigenvalue weighted by molar-refractivity contribution is -0.115. The molecular weight excluding hydrogens is 537 g/mol. The number of nitrogens with zero attached hydrogens (tertiary/aromatic N) is 3. The highest BCUT2D eigenvalue weighted by Gasteiger charge is 2.45. The van der Waals surface area contributed by atoms with Gasteiger partial charge < -0.3 is 5.11 Å². The van der Waals surface area contributed by atoms with E-state index in [1.807, 2.05) is 28.7 Å². The fourth-order valence-corrected chi connectivity index (χ4v) is 5.54. The Hall–Kier alpha value is -2.66. The van der Waals surface area contributed by atoms with Gasteiger partial charge >= 0.3 is 11.4 Å². The third kappa shape index (κ3) is 2.79. The molecule has 1 aliphatic heterocycles. The Morgan fingerprint density at radius 3 is 2.61 bits per heavy atom. The number of phenolic OH excluding ortho intramolecular Hbond substituents is 1. The van der Waals surface area contributed by atoms with Crippen LogP contribution < -0.4 is 11.4 Å². The predicted octanol–water partition coefficient (Wildman–Crippen LogP) is 2.14. The highest BCUT2D eigenvalue weighted by atomic mass is 127. The molecule has 1 aromatic heterocycles. The molecule has 0 unspecified atom stereocenters. The number of hydrogen-bond donors (Lipinski definition) is 1. The first kappa shape index (κ1) is 20.3. The zero-order valence-corrected chi connectivity index (χ0v) is 19.0. The third-order valence-corrected chi connectivity index (χ3v) is 7.22. The van der Waals surface area contributed by atoms with Crippen LogP contribution in [0.25, 0.3) is 0 Å². The number of phenols is 1. The van der Waals surface area contributed by atoms with Gasteiger partial charge in [-0.3, -0.25) is 9.59 Å². The van der Waals surface area contributed by atoms with Crippen LogP contribution >= 0.6 is 34.2 Å². The van der Waals surface area contributed by atoms with Crippen LogP contribution in [0.2, 0.25) is 5.02 Å². The summed E-state index contributed by atoms with van der Waals surface area (Å²) in [5.41, 5.74) is 1.01. The molecule has 2 aromatic rings. The van der Waals surface area contributed by atoms with Crippen molar-refractivity contribution in [2.24, 2.45) is 7.05 Å². The van der Waals surface area contributed by atoms with Crippen molar-refractivity contribution in [2.75, 3.05) is 0 Å². The smallest absolute Gasteiger partial charge is 0.347 e. The molecule has 0 saturated carbocycles. The van der Waals surface area contributed by atoms with E-state index in [-0.39, 0.29) is 35.3 Å². The van der Waals surface area contributed by atoms with Crippen molar-refractivity contribution < 1.29 is 14.7 Å². The Morgan fingerprint density at radius 1 is 1.16 bits per heavy atom. The standard InChI is InChI=1S/C21H15ClIN3O5/c1-24-20(30)25-5-4-11-15(26(25)21(24)31)7-12-16(28)8-14(23)19(29)18(12)17(11)10-3-2-9(27)6-13(10)22/h2-4,6,8,15,17,27H,5,7H2,1H3/t15-,17+/m1/s1. The molecule has 8 nitrogen and oxygen atoms in total. The number of benzene rings is 1. The second-order valence-electron chi connectivity index (χ2n) is 7.69. The van der Waals surface area contributed by atoms with Crippen LogP contribution in [-0.2, 0) is 23.2 Å². The summed E-state index contributed by atoms with van der Waals surface area (Å²) < 4.78 is 4.04. The lowest BCUT2D eigenvalue weighted by Crippen LogP contribution is -2.40. The summed E-state index contributed by atoms with van der Waals surface area (Å²) in [6, 6.07) is 3.86. The van der Waals surface area contributed by atoms with Crippen LogP contribution in [0.4, 0.5) is 0 Å². The van der Waals surface area contributed by atoms with E-state index < -0.39 is 23.3 Å². The summed E-state index contributed by atoms with van der Waals surface area (Å²) in [6.45, 7) is 0.157. The topological polar surface area (TPSA) is 103 Å². The summed E-state index contributed by atoms with van der Waals surface area (Å²) in [6.07, 6.45) is 3.25. The van der Waals surface area contributed by atoms with E-state index in [0.29, 0.717) is 20.3 Å². The van der Waals surface area contributed by atoms with Gasteiger partial charge in [0.05, 0.1) is 16.2 Å². The highest BCUT2D eigenvalue weighted by molar-refractivity contribution is 14.1. The predicted molar refractivity (Wildman–Crippen MR) is 121 cm³/mol. The maximum atomic E-state index is 13.2. The number of fused-ring (bicyclic) bond motifs is 3. The molecule has 10 heteroatoms. The second-order valence-corrected chi connectivity index (χ2v) is 9.26. The number of Topliss-reactive ketones (excluding diaryl/α,β-unsaturated/α-hetero) is 1. The van der Waals surface area contributed by atoms with E-state index in [2.05, 4.69) is 0 Å². The molecule has 31 heavy (non-hydrogen) atoms. The molecule has 0 bridgehead atoms. The Kier molecular flexibility index (Phi) is 4.52. The summed E-state index contributed by atoms with van der Waals surface area (Å²) in [5.74, 6) is -1.25. The first-order chi connectivity index (χ1) is 14.7. The van der Waals surface area contributed by atoms with Gasteiger partial charge in [0.2, 0.25) is 0 Å². The van der Waals surface area contributed by atoms with E-state index in [1.165, 1.54) is 34.6 Å². The highest BCUT2D eigenvalue weighted by Crippen LogP contribution is 2.51. The van der Waals surface area contributed by atoms with Crippen LogP contribution in [0.1, 0.15) is 23.9 Å². The largest absolute Gasteiger partial charge is 0.508 e. The maximum absolute atomic E-state index is 13.2. The summed E-state index contributed by atoms with van der Waals surface area (Å²) in [5, 5.41) is 10.1. The van der Waals surface area contributed by atoms with Gasteiger partial charge in [0, 0.05) is 41.6 Å². The Morgan fingerprint density at radius 2 is 1.90 bits per heavy atom. The maximum Gasteiger partial charge on any atom is 0.347 e. The van der Waals surface area contributed by atoms with Crippen molar-refractivity contribution in [1.29, 1.82) is 0 Å². The van der Waals surface area contributed by atoms with Gasteiger partial charge in [-0.25, -0.2) is 23.5 Å². The number of allylic oxidation sites excluding steroid dienone is 6. The number of aromatic nitrogens is 3. The monoisotopic (exact) mass is 551 g/mol. The van der Waals surface area contributed by atoms with Gasteiger partial charge in [-0.05, 0) is 45.9 Å². The quantitative estimate of drug-likeness (QED) is 0.332. The van der Waals surface area contributed by atoms with Crippen LogP contribution in [0.5, 0.6) is 5.75 Å². The molecule has 5 rings (SSSR count). The molecule has 1 aromatic carbocycles. The molecule has 0 spiro atoms. The van der Waals surface area contributed by atoms with Crippen molar-refractivity contribution in [3.63, 3.8) is 0 Å². The lowest BCUT2D eigenvalue weighted by atomic mass is 9.69. The van der Waals surface area contributed by atoms with E-state index in [1.54, 1.807) is 6.07 Å². The fraction of sp³-hybridized carbons (Fsp3) is 0.238. The number of ketones is 2. The second kappa shape index (κ2) is 6.92. The summed E-state index contributed by atoms with van der Waals surface area (Å²) in [7, 11) is 1.41. The molecule has 158 valence electrons. The van der Waals surface area contributed by atoms with Crippen LogP contribution in [-0.4, -0.2) is 30.6 Å². The molecule has 0 saturated heterocycles. The van der Waals surface area contributed by atoms with Gasteiger partial charge in [0.15, 0.2) is 11.6 Å². The molecule has 1 N–H and O–H groups in total. The summed E-state index contributed by atoms with van der Waals surface area (Å²) in [4.78, 5) is 51.4. The molecule has 0 fully saturated rings. The first-order valence-electron chi connectivity index (χ1n) is 9.46. The van der Waals surface area contributed by atoms with Gasteiger partial charge in [0.1, 0.15) is 5.75 Å². The van der Waals surface area contributed by atoms with Crippen molar-refractivity contribution in [2.45, 2.75) is 24.9 Å². The van der Waals surface area contributed by atoms with Gasteiger partial charge in [-0.2, -0.15) is 0 Å². The Balaban J connectivity index is 1.81. The van der Waals surface area contributed by atoms with Crippen molar-refractivity contribution in [3.05, 3.63) is 82.2 Å². The minimum absolute atomic E-state index is 0.0263. The Labute approximate surface area is 193 Å². The van der Waals surface area contributed by atoms with Crippen LogP contribution in [0, 0.1) is 0 Å². The fourth-order valence-electron chi connectivity index (χ4n) is 4.68. The van der Waals surface area contributed by atoms with Gasteiger partial charge in [-0.15, -0.1) is 0 Å². The van der Waals surface area contributed by atoms with E-state index >= 15 is 0 Å². The number of carbonyl (C=O) groups excluding carboxylic acids is 2. The molecule has 0 radical (unpaired) electrons. The van der Waals surface area contributed by atoms with Crippen molar-refractivity contribution >= 4 is 45.8 Å². The molecule has 3 aliphatic rings. The van der Waals surface area contributed by atoms with Crippen molar-refractivity contribution in [1.82, 2.24) is 13.9 Å². The normalized spacial score (nSPS) is 22.5. The van der Waals surface area contributed by atoms with Gasteiger partial charge in [-0.1, -0.05) is 23.7 Å². The molecule has 2 aliphatic carbocycles. The number of rotatable bonds is 1. The zero-order chi connectivity index (χ0) is 22.2. The molecular formula is C21H15ClIN3O5. The minimum Gasteiger partial charge on any atom is -0.508 e. The SMILES string of the molecule is Cn1c(=O)n2n(c1=O)[C@@H]1CC3=C(C(=O)C(I)=CC3=O)[C@@H](c3ccc(O)cc3Cl)C1=CC2. The van der Waals surface area contributed by atoms with Gasteiger partial charge in [0.25, 0.3) is 0 Å². The Bertz CT molecular complexity index is 1420. The third-order valence-electron chi connectivity index (χ3n) is 6.09. The average Bonchev–Trinajstić information content (AvgIpc) is 2.95. The molecule has 0 amide bonds.